The molecule has 2 heterocycles. The molecular weight excluding hydrogens is 280 g/mol. The average Bonchev–Trinajstić information content (AvgIpc) is 3.12. The first-order chi connectivity index (χ1) is 10.1. The Morgan fingerprint density at radius 1 is 1.19 bits per heavy atom. The van der Waals surface area contributed by atoms with Gasteiger partial charge in [-0.15, -0.1) is 11.3 Å². The summed E-state index contributed by atoms with van der Waals surface area (Å²) in [6.07, 6.45) is 0. The maximum atomic E-state index is 12.5. The van der Waals surface area contributed by atoms with Crippen LogP contribution < -0.4 is 5.32 Å². The highest BCUT2D eigenvalue weighted by atomic mass is 32.1. The average molecular weight is 298 g/mol. The lowest BCUT2D eigenvalue weighted by molar-refractivity contribution is 0.0922. The summed E-state index contributed by atoms with van der Waals surface area (Å²) in [5.41, 5.74) is 1.60. The van der Waals surface area contributed by atoms with Gasteiger partial charge in [-0.3, -0.25) is 4.79 Å². The monoisotopic (exact) mass is 298 g/mol. The number of aromatic amines is 1. The van der Waals surface area contributed by atoms with Crippen LogP contribution in [-0.2, 0) is 0 Å². The van der Waals surface area contributed by atoms with E-state index in [0.29, 0.717) is 11.6 Å². The molecule has 0 aliphatic rings. The van der Waals surface area contributed by atoms with E-state index >= 15 is 0 Å². The van der Waals surface area contributed by atoms with Crippen LogP contribution in [0.3, 0.4) is 0 Å². The van der Waals surface area contributed by atoms with E-state index in [1.807, 2.05) is 41.8 Å². The molecule has 1 unspecified atom stereocenters. The van der Waals surface area contributed by atoms with E-state index in [0.717, 1.165) is 10.9 Å². The molecule has 0 aliphatic carbocycles. The number of benzene rings is 1. The second-order valence-corrected chi connectivity index (χ2v) is 6.46. The Morgan fingerprint density at radius 3 is 2.67 bits per heavy atom. The lowest BCUT2D eigenvalue weighted by Crippen LogP contribution is -2.31. The minimum Gasteiger partial charge on any atom is -0.351 e. The van der Waals surface area contributed by atoms with Crippen molar-refractivity contribution >= 4 is 28.1 Å². The zero-order valence-electron chi connectivity index (χ0n) is 12.1. The minimum atomic E-state index is -0.0571. The molecule has 3 rings (SSSR count). The van der Waals surface area contributed by atoms with Crippen LogP contribution in [0.2, 0.25) is 0 Å². The molecule has 2 aromatic heterocycles. The SMILES string of the molecule is CC(C)C(NC(=O)c1cc2ccccc2[nH]1)c1cccs1. The Labute approximate surface area is 128 Å². The van der Waals surface area contributed by atoms with E-state index in [4.69, 9.17) is 0 Å². The summed E-state index contributed by atoms with van der Waals surface area (Å²) in [6.45, 7) is 4.24. The number of nitrogens with one attached hydrogen (secondary N) is 2. The first kappa shape index (κ1) is 13.9. The Bertz CT molecular complexity index is 710. The van der Waals surface area contributed by atoms with E-state index < -0.39 is 0 Å². The smallest absolute Gasteiger partial charge is 0.268 e. The highest BCUT2D eigenvalue weighted by molar-refractivity contribution is 7.10. The van der Waals surface area contributed by atoms with E-state index in [2.05, 4.69) is 30.2 Å². The fourth-order valence-electron chi connectivity index (χ4n) is 2.45. The van der Waals surface area contributed by atoms with Crippen molar-refractivity contribution in [3.8, 4) is 0 Å². The predicted molar refractivity (Wildman–Crippen MR) is 87.7 cm³/mol. The molecule has 0 radical (unpaired) electrons. The summed E-state index contributed by atoms with van der Waals surface area (Å²) < 4.78 is 0. The number of amides is 1. The quantitative estimate of drug-likeness (QED) is 0.738. The van der Waals surface area contributed by atoms with Crippen molar-refractivity contribution in [2.75, 3.05) is 0 Å². The van der Waals surface area contributed by atoms with Crippen LogP contribution in [0, 0.1) is 5.92 Å². The standard InChI is InChI=1S/C17H18N2OS/c1-11(2)16(15-8-5-9-21-15)19-17(20)14-10-12-6-3-4-7-13(12)18-14/h3-11,16,18H,1-2H3,(H,19,20). The Balaban J connectivity index is 1.84. The Kier molecular flexibility index (Phi) is 3.80. The van der Waals surface area contributed by atoms with Gasteiger partial charge < -0.3 is 10.3 Å². The number of rotatable bonds is 4. The normalized spacial score (nSPS) is 12.7. The molecule has 0 fully saturated rings. The number of carbonyl (C=O) groups excluding carboxylic acids is 1. The molecule has 3 nitrogen and oxygen atoms in total. The van der Waals surface area contributed by atoms with Gasteiger partial charge in [0.1, 0.15) is 5.69 Å². The van der Waals surface area contributed by atoms with Gasteiger partial charge in [0.2, 0.25) is 0 Å². The molecule has 21 heavy (non-hydrogen) atoms. The molecule has 1 amide bonds. The Morgan fingerprint density at radius 2 is 2.00 bits per heavy atom. The first-order valence-electron chi connectivity index (χ1n) is 7.07. The number of aromatic nitrogens is 1. The van der Waals surface area contributed by atoms with E-state index in [1.165, 1.54) is 4.88 Å². The van der Waals surface area contributed by atoms with Gasteiger partial charge in [0, 0.05) is 15.8 Å². The molecule has 0 bridgehead atoms. The van der Waals surface area contributed by atoms with Crippen LogP contribution in [0.4, 0.5) is 0 Å². The largest absolute Gasteiger partial charge is 0.351 e. The number of carbonyl (C=O) groups is 1. The van der Waals surface area contributed by atoms with Gasteiger partial charge in [-0.1, -0.05) is 38.1 Å². The van der Waals surface area contributed by atoms with Crippen molar-refractivity contribution in [3.63, 3.8) is 0 Å². The summed E-state index contributed by atoms with van der Waals surface area (Å²) >= 11 is 1.68. The maximum Gasteiger partial charge on any atom is 0.268 e. The van der Waals surface area contributed by atoms with Gasteiger partial charge in [-0.25, -0.2) is 0 Å². The van der Waals surface area contributed by atoms with Crippen molar-refractivity contribution in [1.82, 2.24) is 10.3 Å². The molecule has 4 heteroatoms. The number of hydrogen-bond acceptors (Lipinski definition) is 2. The van der Waals surface area contributed by atoms with Crippen LogP contribution in [0.1, 0.15) is 35.3 Å². The molecule has 0 saturated heterocycles. The van der Waals surface area contributed by atoms with Crippen molar-refractivity contribution in [3.05, 3.63) is 58.4 Å². The third kappa shape index (κ3) is 2.85. The molecular formula is C17H18N2OS. The number of thiophene rings is 1. The number of fused-ring (bicyclic) bond motifs is 1. The van der Waals surface area contributed by atoms with E-state index in [1.54, 1.807) is 11.3 Å². The van der Waals surface area contributed by atoms with Gasteiger partial charge in [0.05, 0.1) is 6.04 Å². The molecule has 1 aromatic carbocycles. The first-order valence-corrected chi connectivity index (χ1v) is 7.95. The highest BCUT2D eigenvalue weighted by Crippen LogP contribution is 2.26. The third-order valence-electron chi connectivity index (χ3n) is 3.58. The fraction of sp³-hybridized carbons (Fsp3) is 0.235. The number of para-hydroxylation sites is 1. The second-order valence-electron chi connectivity index (χ2n) is 5.48. The molecule has 3 aromatic rings. The maximum absolute atomic E-state index is 12.5. The molecule has 2 N–H and O–H groups in total. The summed E-state index contributed by atoms with van der Waals surface area (Å²) in [5, 5.41) is 6.23. The zero-order valence-corrected chi connectivity index (χ0v) is 12.9. The van der Waals surface area contributed by atoms with Gasteiger partial charge in [0.25, 0.3) is 5.91 Å². The van der Waals surface area contributed by atoms with Gasteiger partial charge >= 0.3 is 0 Å². The molecule has 0 saturated carbocycles. The Hall–Kier alpha value is -2.07. The van der Waals surface area contributed by atoms with Gasteiger partial charge in [-0.05, 0) is 29.5 Å². The van der Waals surface area contributed by atoms with Gasteiger partial charge in [-0.2, -0.15) is 0 Å². The van der Waals surface area contributed by atoms with Crippen LogP contribution in [0.5, 0.6) is 0 Å². The third-order valence-corrected chi connectivity index (χ3v) is 4.53. The predicted octanol–water partition coefficient (Wildman–Crippen LogP) is 4.36. The highest BCUT2D eigenvalue weighted by Gasteiger charge is 2.20. The number of H-pyrrole nitrogens is 1. The van der Waals surface area contributed by atoms with E-state index in [9.17, 15) is 4.79 Å². The molecule has 0 aliphatic heterocycles. The number of hydrogen-bond donors (Lipinski definition) is 2. The molecule has 0 spiro atoms. The van der Waals surface area contributed by atoms with Crippen molar-refractivity contribution in [2.24, 2.45) is 5.92 Å². The van der Waals surface area contributed by atoms with Crippen LogP contribution >= 0.6 is 11.3 Å². The van der Waals surface area contributed by atoms with Gasteiger partial charge in [0.15, 0.2) is 0 Å². The molecule has 1 atom stereocenters. The minimum absolute atomic E-state index is 0.0453. The van der Waals surface area contributed by atoms with Crippen LogP contribution in [0.25, 0.3) is 10.9 Å². The summed E-state index contributed by atoms with van der Waals surface area (Å²) in [5.74, 6) is 0.287. The van der Waals surface area contributed by atoms with Crippen molar-refractivity contribution in [2.45, 2.75) is 19.9 Å². The zero-order chi connectivity index (χ0) is 14.8. The van der Waals surface area contributed by atoms with E-state index in [-0.39, 0.29) is 11.9 Å². The summed E-state index contributed by atoms with van der Waals surface area (Å²) in [7, 11) is 0. The second kappa shape index (κ2) is 5.74. The lowest BCUT2D eigenvalue weighted by Gasteiger charge is -2.20. The topological polar surface area (TPSA) is 44.9 Å². The van der Waals surface area contributed by atoms with Crippen LogP contribution in [-0.4, -0.2) is 10.9 Å². The van der Waals surface area contributed by atoms with Crippen molar-refractivity contribution < 1.29 is 4.79 Å². The van der Waals surface area contributed by atoms with Crippen LogP contribution in [0.15, 0.2) is 47.8 Å². The lowest BCUT2D eigenvalue weighted by atomic mass is 10.0. The molecule has 108 valence electrons. The summed E-state index contributed by atoms with van der Waals surface area (Å²) in [4.78, 5) is 16.9. The summed E-state index contributed by atoms with van der Waals surface area (Å²) in [6, 6.07) is 13.9. The van der Waals surface area contributed by atoms with Crippen molar-refractivity contribution in [1.29, 1.82) is 0 Å². The fourth-order valence-corrected chi connectivity index (χ4v) is 3.40.